The summed E-state index contributed by atoms with van der Waals surface area (Å²) in [6.45, 7) is 6.40. The molecular formula is C35H42F3N5O6. The molecule has 2 aliphatic rings. The molecule has 11 nitrogen and oxygen atoms in total. The van der Waals surface area contributed by atoms with E-state index in [1.54, 1.807) is 31.5 Å². The first-order valence-corrected chi connectivity index (χ1v) is 16.1. The van der Waals surface area contributed by atoms with Gasteiger partial charge in [0.25, 0.3) is 5.91 Å². The lowest BCUT2D eigenvalue weighted by Crippen LogP contribution is -2.57. The Morgan fingerprint density at radius 3 is 2.33 bits per heavy atom. The van der Waals surface area contributed by atoms with Gasteiger partial charge in [-0.05, 0) is 51.5 Å². The second kappa shape index (κ2) is 14.5. The Bertz CT molecular complexity index is 1660. The number of rotatable bonds is 9. The second-order valence-electron chi connectivity index (χ2n) is 13.6. The summed E-state index contributed by atoms with van der Waals surface area (Å²) >= 11 is 0. The molecule has 3 heterocycles. The fourth-order valence-electron chi connectivity index (χ4n) is 6.30. The largest absolute Gasteiger partial charge is 0.453 e. The lowest BCUT2D eigenvalue weighted by Gasteiger charge is -2.46. The van der Waals surface area contributed by atoms with Crippen LogP contribution < -0.4 is 0 Å². The SMILES string of the molecule is COC(=O)N1CC([C@H](c2nc(-c3cc(F)ccc3F)cn2Cc2ccccc2)N(C[C@@H]2CN(C(=O)OC(C)(C)C)C[C@@H]2F)C(=O)[C@H](C)O)C1. The fraction of sp³-hybridized carbons (Fsp3) is 0.486. The highest BCUT2D eigenvalue weighted by molar-refractivity contribution is 5.81. The molecular weight excluding hydrogens is 643 g/mol. The summed E-state index contributed by atoms with van der Waals surface area (Å²) in [5.41, 5.74) is 0.0432. The third-order valence-corrected chi connectivity index (χ3v) is 8.68. The molecule has 0 spiro atoms. The zero-order valence-electron chi connectivity index (χ0n) is 28.2. The van der Waals surface area contributed by atoms with Crippen molar-refractivity contribution in [2.45, 2.75) is 58.2 Å². The maximum atomic E-state index is 15.7. The van der Waals surface area contributed by atoms with Crippen LogP contribution in [0.1, 0.15) is 45.1 Å². The molecule has 0 bridgehead atoms. The third kappa shape index (κ3) is 8.18. The Balaban J connectivity index is 1.59. The van der Waals surface area contributed by atoms with Gasteiger partial charge in [0.1, 0.15) is 35.3 Å². The first-order valence-electron chi connectivity index (χ1n) is 16.1. The van der Waals surface area contributed by atoms with E-state index in [1.807, 2.05) is 30.3 Å². The average molecular weight is 686 g/mol. The summed E-state index contributed by atoms with van der Waals surface area (Å²) in [5, 5.41) is 10.6. The smallest absolute Gasteiger partial charge is 0.410 e. The van der Waals surface area contributed by atoms with Gasteiger partial charge < -0.3 is 33.8 Å². The molecule has 1 aromatic heterocycles. The minimum atomic E-state index is -1.52. The molecule has 2 fully saturated rings. The van der Waals surface area contributed by atoms with E-state index in [0.29, 0.717) is 0 Å². The van der Waals surface area contributed by atoms with Crippen LogP contribution in [0.4, 0.5) is 22.8 Å². The van der Waals surface area contributed by atoms with Crippen molar-refractivity contribution in [2.24, 2.45) is 11.8 Å². The minimum absolute atomic E-state index is 0.0520. The van der Waals surface area contributed by atoms with E-state index in [0.717, 1.165) is 23.8 Å². The molecule has 14 heteroatoms. The molecule has 2 saturated heterocycles. The second-order valence-corrected chi connectivity index (χ2v) is 13.6. The van der Waals surface area contributed by atoms with Crippen LogP contribution in [0, 0.1) is 23.5 Å². The lowest BCUT2D eigenvalue weighted by atomic mass is 9.88. The van der Waals surface area contributed by atoms with Gasteiger partial charge in [0.2, 0.25) is 0 Å². The number of hydrogen-bond acceptors (Lipinski definition) is 7. The number of imidazole rings is 1. The number of halogens is 3. The third-order valence-electron chi connectivity index (χ3n) is 8.68. The van der Waals surface area contributed by atoms with Crippen molar-refractivity contribution in [1.82, 2.24) is 24.3 Å². The molecule has 2 aliphatic heterocycles. The van der Waals surface area contributed by atoms with Gasteiger partial charge in [-0.3, -0.25) is 4.79 Å². The highest BCUT2D eigenvalue weighted by Crippen LogP contribution is 2.39. The molecule has 0 saturated carbocycles. The number of carbonyl (C=O) groups excluding carboxylic acids is 3. The van der Waals surface area contributed by atoms with E-state index in [2.05, 4.69) is 0 Å². The zero-order chi connectivity index (χ0) is 35.6. The van der Waals surface area contributed by atoms with Gasteiger partial charge >= 0.3 is 12.2 Å². The Labute approximate surface area is 283 Å². The average Bonchev–Trinajstić information content (AvgIpc) is 3.60. The van der Waals surface area contributed by atoms with Crippen molar-refractivity contribution in [3.8, 4) is 11.3 Å². The van der Waals surface area contributed by atoms with Gasteiger partial charge in [0.05, 0.1) is 25.4 Å². The van der Waals surface area contributed by atoms with Crippen LogP contribution in [0.5, 0.6) is 0 Å². The van der Waals surface area contributed by atoms with E-state index >= 15 is 8.78 Å². The number of aromatic nitrogens is 2. The van der Waals surface area contributed by atoms with Crippen molar-refractivity contribution >= 4 is 18.1 Å². The molecule has 0 unspecified atom stereocenters. The van der Waals surface area contributed by atoms with Gasteiger partial charge in [0.15, 0.2) is 0 Å². The van der Waals surface area contributed by atoms with E-state index in [9.17, 15) is 23.9 Å². The number of likely N-dealkylation sites (tertiary alicyclic amines) is 2. The normalized spacial score (nSPS) is 19.3. The zero-order valence-corrected chi connectivity index (χ0v) is 28.2. The van der Waals surface area contributed by atoms with Crippen molar-refractivity contribution in [1.29, 1.82) is 0 Å². The first kappa shape index (κ1) is 35.7. The number of amides is 3. The van der Waals surface area contributed by atoms with Gasteiger partial charge in [-0.2, -0.15) is 0 Å². The van der Waals surface area contributed by atoms with E-state index in [1.165, 1.54) is 28.7 Å². The molecule has 0 radical (unpaired) electrons. The maximum absolute atomic E-state index is 15.7. The molecule has 5 rings (SSSR count). The molecule has 264 valence electrons. The number of aliphatic hydroxyl groups is 1. The summed E-state index contributed by atoms with van der Waals surface area (Å²) in [6, 6.07) is 11.4. The Hall–Kier alpha value is -4.59. The molecule has 2 aromatic carbocycles. The summed E-state index contributed by atoms with van der Waals surface area (Å²) in [4.78, 5) is 47.9. The molecule has 0 aliphatic carbocycles. The molecule has 1 N–H and O–H groups in total. The van der Waals surface area contributed by atoms with E-state index in [4.69, 9.17) is 14.5 Å². The fourth-order valence-corrected chi connectivity index (χ4v) is 6.30. The quantitative estimate of drug-likeness (QED) is 0.336. The first-order chi connectivity index (χ1) is 23.1. The Morgan fingerprint density at radius 1 is 1.02 bits per heavy atom. The highest BCUT2D eigenvalue weighted by Gasteiger charge is 2.47. The Kier molecular flexibility index (Phi) is 10.6. The van der Waals surface area contributed by atoms with Crippen molar-refractivity contribution in [3.05, 3.63) is 77.8 Å². The summed E-state index contributed by atoms with van der Waals surface area (Å²) in [6.07, 6.45) is -2.72. The Morgan fingerprint density at radius 2 is 1.69 bits per heavy atom. The molecule has 3 amide bonds. The monoisotopic (exact) mass is 685 g/mol. The van der Waals surface area contributed by atoms with Crippen LogP contribution in [-0.4, -0.2) is 105 Å². The number of ether oxygens (including phenoxy) is 2. The van der Waals surface area contributed by atoms with Gasteiger partial charge in [0, 0.05) is 56.3 Å². The molecule has 3 aromatic rings. The summed E-state index contributed by atoms with van der Waals surface area (Å²) < 4.78 is 57.2. The number of nitrogens with zero attached hydrogens (tertiary/aromatic N) is 5. The van der Waals surface area contributed by atoms with Crippen molar-refractivity contribution in [3.63, 3.8) is 0 Å². The predicted octanol–water partition coefficient (Wildman–Crippen LogP) is 5.03. The summed E-state index contributed by atoms with van der Waals surface area (Å²) in [7, 11) is 1.25. The van der Waals surface area contributed by atoms with Crippen molar-refractivity contribution < 1.29 is 42.1 Å². The number of aliphatic hydroxyl groups excluding tert-OH is 1. The van der Waals surface area contributed by atoms with Crippen LogP contribution in [0.25, 0.3) is 11.3 Å². The highest BCUT2D eigenvalue weighted by atomic mass is 19.1. The number of methoxy groups -OCH3 is 1. The van der Waals surface area contributed by atoms with Crippen LogP contribution in [0.3, 0.4) is 0 Å². The minimum Gasteiger partial charge on any atom is -0.453 e. The van der Waals surface area contributed by atoms with Gasteiger partial charge in [-0.25, -0.2) is 27.7 Å². The lowest BCUT2D eigenvalue weighted by molar-refractivity contribution is -0.146. The van der Waals surface area contributed by atoms with Crippen LogP contribution in [-0.2, 0) is 20.8 Å². The number of alkyl halides is 1. The van der Waals surface area contributed by atoms with Crippen LogP contribution in [0.2, 0.25) is 0 Å². The number of hydrogen-bond donors (Lipinski definition) is 1. The molecule has 4 atom stereocenters. The van der Waals surface area contributed by atoms with E-state index < -0.39 is 65.5 Å². The van der Waals surface area contributed by atoms with E-state index in [-0.39, 0.29) is 56.4 Å². The van der Waals surface area contributed by atoms with Crippen LogP contribution >= 0.6 is 0 Å². The standard InChI is InChI=1S/C35H42F3N5O6/c1-21(44)32(45)43(18-23-15-42(19-28(23)38)34(47)49-35(2,3)4)30(24-16-41(17-24)33(46)48-5)31-39-29(26-13-25(36)11-12-27(26)37)20-40(31)14-22-9-7-6-8-10-22/h6-13,20-21,23-24,28,30,44H,14-19H2,1-5H3/t21-,23-,28-,30+/m0/s1. The molecule has 49 heavy (non-hydrogen) atoms. The van der Waals surface area contributed by atoms with Gasteiger partial charge in [-0.1, -0.05) is 30.3 Å². The predicted molar refractivity (Wildman–Crippen MR) is 173 cm³/mol. The number of carbonyl (C=O) groups is 3. The van der Waals surface area contributed by atoms with Gasteiger partial charge in [-0.15, -0.1) is 0 Å². The summed E-state index contributed by atoms with van der Waals surface area (Å²) in [5.74, 6) is -3.16. The number of benzene rings is 2. The topological polar surface area (TPSA) is 117 Å². The maximum Gasteiger partial charge on any atom is 0.410 e. The van der Waals surface area contributed by atoms with Crippen LogP contribution in [0.15, 0.2) is 54.7 Å². The van der Waals surface area contributed by atoms with Crippen molar-refractivity contribution in [2.75, 3.05) is 39.8 Å².